The standard InChI is InChI=1S/C31H25BrN2O4/c1-20-15-25(38-19-21-7-3-2-4-8-21)12-13-26(20)29(35)27-28(23-10-5-11-24(32)16-23)34(31(37)30(27)36)18-22-9-6-14-33-17-22/h2-17,28,35H,18-19H2,1H3/b29-27+. The van der Waals surface area contributed by atoms with Gasteiger partial charge in [0.1, 0.15) is 12.4 Å². The van der Waals surface area contributed by atoms with Crippen LogP contribution in [-0.2, 0) is 22.7 Å². The molecule has 2 heterocycles. The van der Waals surface area contributed by atoms with Crippen LogP contribution in [0.4, 0.5) is 0 Å². The molecule has 4 aromatic rings. The Kier molecular flexibility index (Phi) is 7.38. The number of nitrogens with zero attached hydrogens (tertiary/aromatic N) is 1. The number of likely N-dealkylation sites (tertiary alicyclic amines) is 1. The number of hydrogen-bond donors (Lipinski definition) is 0. The first-order valence-corrected chi connectivity index (χ1v) is 13.0. The number of H-pyrrole nitrogens is 1. The van der Waals surface area contributed by atoms with Gasteiger partial charge in [0, 0.05) is 21.7 Å². The maximum atomic E-state index is 13.9. The monoisotopic (exact) mass is 568 g/mol. The molecule has 1 unspecified atom stereocenters. The number of rotatable bonds is 7. The van der Waals surface area contributed by atoms with Gasteiger partial charge in [0.2, 0.25) is 5.78 Å². The number of nitrogens with one attached hydrogen (secondary N) is 1. The number of pyridine rings is 1. The van der Waals surface area contributed by atoms with Crippen molar-refractivity contribution in [3.05, 3.63) is 135 Å². The molecule has 1 N–H and O–H groups in total. The summed E-state index contributed by atoms with van der Waals surface area (Å²) in [5.74, 6) is -1.30. The molecule has 38 heavy (non-hydrogen) atoms. The Bertz CT molecular complexity index is 1520. The third-order valence-corrected chi connectivity index (χ3v) is 7.00. The number of carbonyl (C=O) groups is 2. The summed E-state index contributed by atoms with van der Waals surface area (Å²) in [6, 6.07) is 25.2. The fraction of sp³-hybridized carbons (Fsp3) is 0.129. The smallest absolute Gasteiger partial charge is 0.295 e. The Balaban J connectivity index is 1.52. The number of hydrogen-bond acceptors (Lipinski definition) is 4. The van der Waals surface area contributed by atoms with Gasteiger partial charge in [-0.3, -0.25) is 9.59 Å². The van der Waals surface area contributed by atoms with Crippen LogP contribution in [0.2, 0.25) is 0 Å². The average Bonchev–Trinajstić information content (AvgIpc) is 3.18. The van der Waals surface area contributed by atoms with E-state index in [1.807, 2.05) is 66.7 Å². The minimum absolute atomic E-state index is 0.0472. The number of Topliss-reactive ketones (excluding diaryl/α,β-unsaturated/α-hetero) is 1. The third kappa shape index (κ3) is 5.24. The molecule has 0 spiro atoms. The molecule has 5 rings (SSSR count). The first-order valence-electron chi connectivity index (χ1n) is 12.2. The zero-order valence-electron chi connectivity index (χ0n) is 20.7. The predicted octanol–water partition coefficient (Wildman–Crippen LogP) is 4.57. The van der Waals surface area contributed by atoms with E-state index in [9.17, 15) is 14.7 Å². The summed E-state index contributed by atoms with van der Waals surface area (Å²) in [5, 5.41) is 13.9. The van der Waals surface area contributed by atoms with Crippen LogP contribution in [0.5, 0.6) is 5.75 Å². The number of ether oxygens (including phenoxy) is 1. The van der Waals surface area contributed by atoms with Crippen LogP contribution in [0.1, 0.15) is 33.9 Å². The molecule has 1 fully saturated rings. The number of carbonyl (C=O) groups excluding carboxylic acids is 2. The lowest BCUT2D eigenvalue weighted by Gasteiger charge is -2.28. The minimum atomic E-state index is -0.811. The van der Waals surface area contributed by atoms with Gasteiger partial charge >= 0.3 is 0 Å². The molecule has 1 amide bonds. The second-order valence-electron chi connectivity index (χ2n) is 9.13. The van der Waals surface area contributed by atoms with Crippen molar-refractivity contribution in [1.29, 1.82) is 0 Å². The molecule has 0 bridgehead atoms. The number of aromatic nitrogens is 1. The van der Waals surface area contributed by atoms with Crippen LogP contribution < -0.4 is 14.8 Å². The lowest BCUT2D eigenvalue weighted by Crippen LogP contribution is -2.29. The van der Waals surface area contributed by atoms with Crippen molar-refractivity contribution in [1.82, 2.24) is 4.90 Å². The number of aromatic amines is 1. The maximum Gasteiger partial charge on any atom is 0.295 e. The highest BCUT2D eigenvalue weighted by Crippen LogP contribution is 2.40. The third-order valence-electron chi connectivity index (χ3n) is 6.51. The molecule has 1 saturated heterocycles. The first-order chi connectivity index (χ1) is 18.4. The Morgan fingerprint density at radius 2 is 1.76 bits per heavy atom. The molecular formula is C31H25BrN2O4. The molecule has 7 heteroatoms. The van der Waals surface area contributed by atoms with Gasteiger partial charge in [0.25, 0.3) is 5.91 Å². The second-order valence-corrected chi connectivity index (χ2v) is 10.0. The van der Waals surface area contributed by atoms with Crippen LogP contribution in [0.25, 0.3) is 5.76 Å². The molecule has 190 valence electrons. The van der Waals surface area contributed by atoms with Crippen LogP contribution >= 0.6 is 15.9 Å². The van der Waals surface area contributed by atoms with E-state index in [2.05, 4.69) is 20.9 Å². The number of aryl methyl sites for hydroxylation is 1. The summed E-state index contributed by atoms with van der Waals surface area (Å²) in [4.78, 5) is 31.0. The summed E-state index contributed by atoms with van der Waals surface area (Å²) >= 11 is 3.48. The van der Waals surface area contributed by atoms with Crippen LogP contribution in [-0.4, -0.2) is 16.6 Å². The predicted molar refractivity (Wildman–Crippen MR) is 144 cm³/mol. The molecule has 0 radical (unpaired) electrons. The van der Waals surface area contributed by atoms with E-state index in [0.717, 1.165) is 15.6 Å². The lowest BCUT2D eigenvalue weighted by atomic mass is 9.94. The molecule has 1 aliphatic heterocycles. The maximum absolute atomic E-state index is 13.9. The van der Waals surface area contributed by atoms with Crippen molar-refractivity contribution >= 4 is 33.4 Å². The summed E-state index contributed by atoms with van der Waals surface area (Å²) in [5.41, 5.74) is 3.51. The van der Waals surface area contributed by atoms with Gasteiger partial charge in [-0.2, -0.15) is 0 Å². The van der Waals surface area contributed by atoms with Gasteiger partial charge in [-0.15, -0.1) is 0 Å². The highest BCUT2D eigenvalue weighted by molar-refractivity contribution is 9.10. The van der Waals surface area contributed by atoms with E-state index in [-0.39, 0.29) is 12.1 Å². The van der Waals surface area contributed by atoms with E-state index in [4.69, 9.17) is 4.74 Å². The highest BCUT2D eigenvalue weighted by Gasteiger charge is 2.44. The SMILES string of the molecule is Cc1cc(OCc2ccccc2)ccc1/C([O-])=C1\C(=O)C(=O)N(Cc2ccc[nH+]c2)C1c1cccc(Br)c1. The highest BCUT2D eigenvalue weighted by atomic mass is 79.9. The Hall–Kier alpha value is -4.23. The molecule has 1 atom stereocenters. The molecule has 0 saturated carbocycles. The van der Waals surface area contributed by atoms with E-state index < -0.39 is 23.5 Å². The van der Waals surface area contributed by atoms with Crippen LogP contribution in [0.3, 0.4) is 0 Å². The molecule has 6 nitrogen and oxygen atoms in total. The molecule has 3 aromatic carbocycles. The Morgan fingerprint density at radius 1 is 0.974 bits per heavy atom. The zero-order valence-corrected chi connectivity index (χ0v) is 22.3. The number of halogens is 1. The molecule has 0 aliphatic carbocycles. The number of amides is 1. The van der Waals surface area contributed by atoms with Crippen molar-refractivity contribution in [3.8, 4) is 5.75 Å². The van der Waals surface area contributed by atoms with Gasteiger partial charge < -0.3 is 14.7 Å². The van der Waals surface area contributed by atoms with Gasteiger partial charge in [-0.1, -0.05) is 70.2 Å². The largest absolute Gasteiger partial charge is 0.872 e. The van der Waals surface area contributed by atoms with E-state index in [1.165, 1.54) is 4.90 Å². The summed E-state index contributed by atoms with van der Waals surface area (Å²) in [6.45, 7) is 2.38. The van der Waals surface area contributed by atoms with E-state index in [1.54, 1.807) is 37.5 Å². The van der Waals surface area contributed by atoms with Gasteiger partial charge in [-0.05, 0) is 59.5 Å². The molecule has 1 aliphatic rings. The first kappa shape index (κ1) is 25.4. The molecule has 1 aromatic heterocycles. The van der Waals surface area contributed by atoms with Crippen molar-refractivity contribution in [2.75, 3.05) is 0 Å². The lowest BCUT2D eigenvalue weighted by molar-refractivity contribution is -0.378. The van der Waals surface area contributed by atoms with Gasteiger partial charge in [0.15, 0.2) is 12.4 Å². The van der Waals surface area contributed by atoms with E-state index in [0.29, 0.717) is 29.0 Å². The number of benzene rings is 3. The van der Waals surface area contributed by atoms with Crippen LogP contribution in [0.15, 0.2) is 107 Å². The Labute approximate surface area is 229 Å². The van der Waals surface area contributed by atoms with E-state index >= 15 is 0 Å². The van der Waals surface area contributed by atoms with Crippen molar-refractivity contribution < 1.29 is 24.4 Å². The molecular weight excluding hydrogens is 544 g/mol. The van der Waals surface area contributed by atoms with Gasteiger partial charge in [-0.25, -0.2) is 4.98 Å². The summed E-state index contributed by atoms with van der Waals surface area (Å²) < 4.78 is 6.69. The fourth-order valence-corrected chi connectivity index (χ4v) is 5.07. The summed E-state index contributed by atoms with van der Waals surface area (Å²) in [7, 11) is 0. The zero-order chi connectivity index (χ0) is 26.6. The summed E-state index contributed by atoms with van der Waals surface area (Å²) in [6.07, 6.45) is 3.54. The van der Waals surface area contributed by atoms with Gasteiger partial charge in [0.05, 0.1) is 12.6 Å². The second kappa shape index (κ2) is 11.0. The van der Waals surface area contributed by atoms with Crippen LogP contribution in [0, 0.1) is 6.92 Å². The topological polar surface area (TPSA) is 83.8 Å². The van der Waals surface area contributed by atoms with Crippen molar-refractivity contribution in [2.45, 2.75) is 26.1 Å². The Morgan fingerprint density at radius 3 is 2.47 bits per heavy atom. The van der Waals surface area contributed by atoms with Crippen molar-refractivity contribution in [3.63, 3.8) is 0 Å². The average molecular weight is 569 g/mol. The van der Waals surface area contributed by atoms with Crippen molar-refractivity contribution in [2.24, 2.45) is 0 Å². The normalized spacial score (nSPS) is 16.6. The minimum Gasteiger partial charge on any atom is -0.872 e. The fourth-order valence-electron chi connectivity index (χ4n) is 4.65. The number of ketones is 1. The quantitative estimate of drug-likeness (QED) is 0.186.